The molecule has 0 bridgehead atoms. The summed E-state index contributed by atoms with van der Waals surface area (Å²) in [6.07, 6.45) is 0. The average Bonchev–Trinajstić information content (AvgIpc) is 2.96. The first-order valence-electron chi connectivity index (χ1n) is 8.32. The minimum absolute atomic E-state index is 0.298. The van der Waals surface area contributed by atoms with Gasteiger partial charge in [0.25, 0.3) is 5.91 Å². The molecule has 27 heavy (non-hydrogen) atoms. The van der Waals surface area contributed by atoms with Gasteiger partial charge in [-0.3, -0.25) is 4.79 Å². The highest BCUT2D eigenvalue weighted by atomic mass is 32.1. The van der Waals surface area contributed by atoms with Crippen LogP contribution in [0.2, 0.25) is 0 Å². The third-order valence-electron chi connectivity index (χ3n) is 4.10. The molecule has 0 spiro atoms. The van der Waals surface area contributed by atoms with Gasteiger partial charge in [0.2, 0.25) is 0 Å². The molecule has 2 aromatic carbocycles. The summed E-state index contributed by atoms with van der Waals surface area (Å²) in [5.74, 6) is 0.601. The fourth-order valence-corrected chi connectivity index (χ4v) is 3.58. The maximum atomic E-state index is 12.6. The smallest absolute Gasteiger partial charge is 0.341 e. The molecule has 6 heteroatoms. The van der Waals surface area contributed by atoms with Crippen LogP contribution in [0.25, 0.3) is 0 Å². The highest BCUT2D eigenvalue weighted by Crippen LogP contribution is 2.33. The standard InChI is InChI=1S/C21H19NO4S/c1-13-14(2)27-20(18(13)21(24)25-3)22-19(23)15-9-11-17(12-10-15)26-16-7-5-4-6-8-16/h4-12H,1-3H3,(H,22,23). The molecule has 0 saturated heterocycles. The summed E-state index contributed by atoms with van der Waals surface area (Å²) in [6, 6.07) is 16.2. The molecule has 0 unspecified atom stereocenters. The van der Waals surface area contributed by atoms with Crippen LogP contribution < -0.4 is 10.1 Å². The maximum absolute atomic E-state index is 12.6. The number of carbonyl (C=O) groups excluding carboxylic acids is 2. The van der Waals surface area contributed by atoms with Gasteiger partial charge in [0.05, 0.1) is 12.7 Å². The van der Waals surface area contributed by atoms with E-state index >= 15 is 0 Å². The van der Waals surface area contributed by atoms with Gasteiger partial charge in [0.15, 0.2) is 0 Å². The number of methoxy groups -OCH3 is 1. The third kappa shape index (κ3) is 4.17. The summed E-state index contributed by atoms with van der Waals surface area (Å²) in [5.41, 5.74) is 1.68. The quantitative estimate of drug-likeness (QED) is 0.617. The number of amides is 1. The summed E-state index contributed by atoms with van der Waals surface area (Å²) in [5, 5.41) is 3.30. The van der Waals surface area contributed by atoms with Crippen molar-refractivity contribution in [3.8, 4) is 11.5 Å². The van der Waals surface area contributed by atoms with E-state index < -0.39 is 5.97 Å². The van der Waals surface area contributed by atoms with Crippen molar-refractivity contribution in [2.75, 3.05) is 12.4 Å². The molecular formula is C21H19NO4S. The Morgan fingerprint density at radius 3 is 2.19 bits per heavy atom. The predicted octanol–water partition coefficient (Wildman–Crippen LogP) is 5.20. The van der Waals surface area contributed by atoms with E-state index in [1.54, 1.807) is 24.3 Å². The fourth-order valence-electron chi connectivity index (χ4n) is 2.54. The van der Waals surface area contributed by atoms with Gasteiger partial charge < -0.3 is 14.8 Å². The number of ether oxygens (including phenoxy) is 2. The largest absolute Gasteiger partial charge is 0.465 e. The Labute approximate surface area is 161 Å². The number of anilines is 1. The monoisotopic (exact) mass is 381 g/mol. The highest BCUT2D eigenvalue weighted by Gasteiger charge is 2.22. The molecule has 0 aliphatic carbocycles. The van der Waals surface area contributed by atoms with Crippen LogP contribution in [-0.4, -0.2) is 19.0 Å². The lowest BCUT2D eigenvalue weighted by molar-refractivity contribution is 0.0601. The summed E-state index contributed by atoms with van der Waals surface area (Å²) >= 11 is 1.36. The molecule has 1 aromatic heterocycles. The second-order valence-corrected chi connectivity index (χ2v) is 7.10. The molecule has 5 nitrogen and oxygen atoms in total. The van der Waals surface area contributed by atoms with Crippen molar-refractivity contribution in [1.82, 2.24) is 0 Å². The average molecular weight is 381 g/mol. The molecule has 0 saturated carbocycles. The molecule has 1 amide bonds. The Morgan fingerprint density at radius 1 is 0.926 bits per heavy atom. The Hall–Kier alpha value is -3.12. The van der Waals surface area contributed by atoms with Crippen molar-refractivity contribution in [3.05, 3.63) is 76.2 Å². The van der Waals surface area contributed by atoms with Crippen LogP contribution in [0.1, 0.15) is 31.2 Å². The van der Waals surface area contributed by atoms with E-state index in [1.807, 2.05) is 44.2 Å². The lowest BCUT2D eigenvalue weighted by atomic mass is 10.1. The molecular weight excluding hydrogens is 362 g/mol. The number of para-hydroxylation sites is 1. The number of carbonyl (C=O) groups is 2. The molecule has 0 fully saturated rings. The topological polar surface area (TPSA) is 64.6 Å². The van der Waals surface area contributed by atoms with Gasteiger partial charge in [-0.25, -0.2) is 4.79 Å². The number of thiophene rings is 1. The van der Waals surface area contributed by atoms with E-state index in [-0.39, 0.29) is 5.91 Å². The molecule has 0 aliphatic heterocycles. The van der Waals surface area contributed by atoms with Crippen molar-refractivity contribution < 1.29 is 19.1 Å². The van der Waals surface area contributed by atoms with Crippen molar-refractivity contribution in [1.29, 1.82) is 0 Å². The zero-order valence-corrected chi connectivity index (χ0v) is 16.1. The fraction of sp³-hybridized carbons (Fsp3) is 0.143. The number of hydrogen-bond acceptors (Lipinski definition) is 5. The van der Waals surface area contributed by atoms with E-state index in [2.05, 4.69) is 5.32 Å². The lowest BCUT2D eigenvalue weighted by Gasteiger charge is -2.08. The second-order valence-electron chi connectivity index (χ2n) is 5.87. The highest BCUT2D eigenvalue weighted by molar-refractivity contribution is 7.16. The molecule has 1 heterocycles. The lowest BCUT2D eigenvalue weighted by Crippen LogP contribution is -2.14. The number of aryl methyl sites for hydroxylation is 1. The predicted molar refractivity (Wildman–Crippen MR) is 106 cm³/mol. The first kappa shape index (κ1) is 18.7. The molecule has 0 aliphatic rings. The maximum Gasteiger partial charge on any atom is 0.341 e. The van der Waals surface area contributed by atoms with E-state index in [9.17, 15) is 9.59 Å². The van der Waals surface area contributed by atoms with Gasteiger partial charge >= 0.3 is 5.97 Å². The number of hydrogen-bond donors (Lipinski definition) is 1. The number of esters is 1. The zero-order valence-electron chi connectivity index (χ0n) is 15.2. The Kier molecular flexibility index (Phi) is 5.57. The van der Waals surface area contributed by atoms with Gasteiger partial charge in [-0.15, -0.1) is 11.3 Å². The number of rotatable bonds is 5. The number of benzene rings is 2. The first-order valence-corrected chi connectivity index (χ1v) is 9.14. The van der Waals surface area contributed by atoms with Crippen LogP contribution in [0.3, 0.4) is 0 Å². The van der Waals surface area contributed by atoms with E-state index in [0.29, 0.717) is 21.9 Å². The van der Waals surface area contributed by atoms with Gasteiger partial charge in [0, 0.05) is 10.4 Å². The van der Waals surface area contributed by atoms with Gasteiger partial charge in [-0.2, -0.15) is 0 Å². The van der Waals surface area contributed by atoms with Crippen LogP contribution in [0.4, 0.5) is 5.00 Å². The SMILES string of the molecule is COC(=O)c1c(NC(=O)c2ccc(Oc3ccccc3)cc2)sc(C)c1C. The van der Waals surface area contributed by atoms with Crippen LogP contribution in [0.15, 0.2) is 54.6 Å². The second kappa shape index (κ2) is 8.05. The summed E-state index contributed by atoms with van der Waals surface area (Å²) in [4.78, 5) is 25.5. The molecule has 3 aromatic rings. The third-order valence-corrected chi connectivity index (χ3v) is 5.22. The molecule has 138 valence electrons. The van der Waals surface area contributed by atoms with Gasteiger partial charge in [-0.1, -0.05) is 18.2 Å². The van der Waals surface area contributed by atoms with Crippen LogP contribution in [-0.2, 0) is 4.74 Å². The van der Waals surface area contributed by atoms with Crippen molar-refractivity contribution >= 4 is 28.2 Å². The van der Waals surface area contributed by atoms with Gasteiger partial charge in [-0.05, 0) is 55.8 Å². The van der Waals surface area contributed by atoms with Crippen LogP contribution in [0, 0.1) is 13.8 Å². The van der Waals surface area contributed by atoms with E-state index in [0.717, 1.165) is 16.2 Å². The molecule has 1 N–H and O–H groups in total. The number of nitrogens with one attached hydrogen (secondary N) is 1. The summed E-state index contributed by atoms with van der Waals surface area (Å²) in [7, 11) is 1.33. The van der Waals surface area contributed by atoms with Gasteiger partial charge in [0.1, 0.15) is 16.5 Å². The Balaban J connectivity index is 1.75. The van der Waals surface area contributed by atoms with Crippen molar-refractivity contribution in [3.63, 3.8) is 0 Å². The first-order chi connectivity index (χ1) is 13.0. The zero-order chi connectivity index (χ0) is 19.4. The summed E-state index contributed by atoms with van der Waals surface area (Å²) < 4.78 is 10.6. The molecule has 3 rings (SSSR count). The van der Waals surface area contributed by atoms with E-state index in [4.69, 9.17) is 9.47 Å². The normalized spacial score (nSPS) is 10.3. The summed E-state index contributed by atoms with van der Waals surface area (Å²) in [6.45, 7) is 3.74. The minimum atomic E-state index is -0.459. The minimum Gasteiger partial charge on any atom is -0.465 e. The molecule has 0 radical (unpaired) electrons. The Morgan fingerprint density at radius 2 is 1.56 bits per heavy atom. The van der Waals surface area contributed by atoms with E-state index in [1.165, 1.54) is 18.4 Å². The Bertz CT molecular complexity index is 962. The van der Waals surface area contributed by atoms with Crippen LogP contribution in [0.5, 0.6) is 11.5 Å². The molecule has 0 atom stereocenters. The van der Waals surface area contributed by atoms with Crippen molar-refractivity contribution in [2.45, 2.75) is 13.8 Å². The van der Waals surface area contributed by atoms with Crippen molar-refractivity contribution in [2.24, 2.45) is 0 Å². The van der Waals surface area contributed by atoms with Crippen LogP contribution >= 0.6 is 11.3 Å².